The van der Waals surface area contributed by atoms with Crippen LogP contribution in [0.4, 0.5) is 5.13 Å². The fraction of sp³-hybridized carbons (Fsp3) is 0.200. The van der Waals surface area contributed by atoms with Gasteiger partial charge < -0.3 is 5.73 Å². The third-order valence-corrected chi connectivity index (χ3v) is 4.81. The zero-order valence-electron chi connectivity index (χ0n) is 10.3. The van der Waals surface area contributed by atoms with E-state index in [1.54, 1.807) is 11.3 Å². The minimum absolute atomic E-state index is 0.406. The lowest BCUT2D eigenvalue weighted by Gasteiger charge is -2.12. The molecule has 4 heteroatoms. The lowest BCUT2D eigenvalue weighted by molar-refractivity contribution is 0.794. The number of nitrogens with zero attached hydrogens (tertiary/aromatic N) is 2. The second-order valence-electron chi connectivity index (χ2n) is 4.88. The molecule has 0 amide bonds. The lowest BCUT2D eigenvalue weighted by atomic mass is 9.95. The van der Waals surface area contributed by atoms with Crippen molar-refractivity contribution in [2.75, 3.05) is 5.73 Å². The molecule has 0 radical (unpaired) electrons. The summed E-state index contributed by atoms with van der Waals surface area (Å²) < 4.78 is 0. The summed E-state index contributed by atoms with van der Waals surface area (Å²) in [5.41, 5.74) is 9.43. The molecule has 2 aromatic heterocycles. The largest absolute Gasteiger partial charge is 0.375 e. The Hall–Kier alpha value is -1.94. The van der Waals surface area contributed by atoms with Crippen molar-refractivity contribution in [1.82, 2.24) is 9.97 Å². The summed E-state index contributed by atoms with van der Waals surface area (Å²) in [6.07, 6.45) is 4.00. The Balaban J connectivity index is 1.92. The van der Waals surface area contributed by atoms with Crippen LogP contribution in [-0.2, 0) is 6.42 Å². The van der Waals surface area contributed by atoms with Crippen molar-refractivity contribution >= 4 is 27.4 Å². The highest BCUT2D eigenvalue weighted by Gasteiger charge is 2.29. The number of benzene rings is 1. The third-order valence-electron chi connectivity index (χ3n) is 3.77. The number of aromatic nitrogens is 2. The number of thiazole rings is 1. The number of nitrogen functional groups attached to an aromatic ring is 1. The van der Waals surface area contributed by atoms with Crippen molar-refractivity contribution < 1.29 is 0 Å². The highest BCUT2D eigenvalue weighted by atomic mass is 32.1. The number of hydrogen-bond acceptors (Lipinski definition) is 4. The lowest BCUT2D eigenvalue weighted by Crippen LogP contribution is -1.97. The molecule has 2 heterocycles. The molecule has 1 unspecified atom stereocenters. The van der Waals surface area contributed by atoms with Gasteiger partial charge in [0.25, 0.3) is 0 Å². The molecular weight excluding hydrogens is 254 g/mol. The molecule has 0 bridgehead atoms. The molecule has 0 saturated carbocycles. The van der Waals surface area contributed by atoms with Gasteiger partial charge in [-0.2, -0.15) is 0 Å². The Morgan fingerprint density at radius 2 is 2.11 bits per heavy atom. The Labute approximate surface area is 115 Å². The molecule has 1 aliphatic rings. The number of rotatable bonds is 1. The summed E-state index contributed by atoms with van der Waals surface area (Å²) in [7, 11) is 0. The molecule has 0 saturated heterocycles. The van der Waals surface area contributed by atoms with Crippen molar-refractivity contribution in [3.8, 4) is 0 Å². The van der Waals surface area contributed by atoms with E-state index in [-0.39, 0.29) is 0 Å². The Morgan fingerprint density at radius 1 is 1.21 bits per heavy atom. The van der Waals surface area contributed by atoms with Crippen molar-refractivity contribution in [2.45, 2.75) is 18.8 Å². The molecule has 0 fully saturated rings. The van der Waals surface area contributed by atoms with Crippen LogP contribution in [0.1, 0.15) is 28.5 Å². The van der Waals surface area contributed by atoms with Crippen molar-refractivity contribution in [3.63, 3.8) is 0 Å². The zero-order valence-corrected chi connectivity index (χ0v) is 11.2. The summed E-state index contributed by atoms with van der Waals surface area (Å²) in [5.74, 6) is 0.406. The first-order valence-corrected chi connectivity index (χ1v) is 7.23. The van der Waals surface area contributed by atoms with Gasteiger partial charge in [-0.15, -0.1) is 11.3 Å². The van der Waals surface area contributed by atoms with Crippen LogP contribution in [0.2, 0.25) is 0 Å². The zero-order chi connectivity index (χ0) is 12.8. The minimum Gasteiger partial charge on any atom is -0.375 e. The monoisotopic (exact) mass is 267 g/mol. The van der Waals surface area contributed by atoms with Gasteiger partial charge in [0, 0.05) is 22.4 Å². The molecule has 0 spiro atoms. The fourth-order valence-electron chi connectivity index (χ4n) is 2.95. The molecule has 3 nitrogen and oxygen atoms in total. The normalized spacial score (nSPS) is 17.8. The number of aryl methyl sites for hydroxylation is 1. The fourth-order valence-corrected chi connectivity index (χ4v) is 3.99. The molecule has 3 aromatic rings. The van der Waals surface area contributed by atoms with Gasteiger partial charge in [0.2, 0.25) is 0 Å². The van der Waals surface area contributed by atoms with Crippen LogP contribution in [0.15, 0.2) is 36.5 Å². The molecular formula is C15H13N3S. The van der Waals surface area contributed by atoms with Gasteiger partial charge in [-0.25, -0.2) is 4.98 Å². The summed E-state index contributed by atoms with van der Waals surface area (Å²) in [5, 5.41) is 1.88. The standard InChI is InChI=1S/C15H13N3S/c16-15-18-12-7-6-11(14(12)19-15)10-5-1-3-9-4-2-8-17-13(9)10/h1-5,8,11H,6-7H2,(H2,16,18). The molecule has 19 heavy (non-hydrogen) atoms. The van der Waals surface area contributed by atoms with Gasteiger partial charge >= 0.3 is 0 Å². The summed E-state index contributed by atoms with van der Waals surface area (Å²) in [6.45, 7) is 0. The maximum atomic E-state index is 5.83. The number of anilines is 1. The number of nitrogens with two attached hydrogens (primary N) is 1. The van der Waals surface area contributed by atoms with Gasteiger partial charge in [0.05, 0.1) is 11.2 Å². The second-order valence-corrected chi connectivity index (χ2v) is 5.94. The Morgan fingerprint density at radius 3 is 3.05 bits per heavy atom. The summed E-state index contributed by atoms with van der Waals surface area (Å²) in [6, 6.07) is 10.5. The van der Waals surface area contributed by atoms with E-state index >= 15 is 0 Å². The van der Waals surface area contributed by atoms with Gasteiger partial charge in [-0.1, -0.05) is 24.3 Å². The van der Waals surface area contributed by atoms with Crippen LogP contribution in [0.3, 0.4) is 0 Å². The van der Waals surface area contributed by atoms with E-state index in [1.807, 2.05) is 12.3 Å². The first kappa shape index (κ1) is 10.9. The SMILES string of the molecule is Nc1nc2c(s1)C(c1cccc3cccnc13)CC2. The first-order valence-electron chi connectivity index (χ1n) is 6.41. The van der Waals surface area contributed by atoms with Crippen molar-refractivity contribution in [2.24, 2.45) is 0 Å². The Bertz CT molecular complexity index is 758. The molecule has 1 aliphatic carbocycles. The average molecular weight is 267 g/mol. The van der Waals surface area contributed by atoms with Crippen LogP contribution in [0, 0.1) is 0 Å². The maximum Gasteiger partial charge on any atom is 0.180 e. The molecule has 0 aliphatic heterocycles. The number of pyridine rings is 1. The van der Waals surface area contributed by atoms with E-state index in [4.69, 9.17) is 5.73 Å². The summed E-state index contributed by atoms with van der Waals surface area (Å²) >= 11 is 1.63. The van der Waals surface area contributed by atoms with Crippen LogP contribution in [0.25, 0.3) is 10.9 Å². The maximum absolute atomic E-state index is 5.83. The number of hydrogen-bond donors (Lipinski definition) is 1. The summed E-state index contributed by atoms with van der Waals surface area (Å²) in [4.78, 5) is 10.3. The number of fused-ring (bicyclic) bond motifs is 2. The third kappa shape index (κ3) is 1.64. The van der Waals surface area contributed by atoms with Crippen molar-refractivity contribution in [1.29, 1.82) is 0 Å². The van der Waals surface area contributed by atoms with Gasteiger partial charge in [-0.05, 0) is 24.5 Å². The second kappa shape index (κ2) is 4.03. The molecule has 4 rings (SSSR count). The smallest absolute Gasteiger partial charge is 0.180 e. The highest BCUT2D eigenvalue weighted by molar-refractivity contribution is 7.15. The predicted octanol–water partition coefficient (Wildman–Crippen LogP) is 3.35. The van der Waals surface area contributed by atoms with Crippen LogP contribution < -0.4 is 5.73 Å². The quantitative estimate of drug-likeness (QED) is 0.735. The Kier molecular flexibility index (Phi) is 2.32. The van der Waals surface area contributed by atoms with E-state index in [0.717, 1.165) is 18.4 Å². The molecule has 1 atom stereocenters. The average Bonchev–Trinajstić information content (AvgIpc) is 2.97. The molecule has 94 valence electrons. The van der Waals surface area contributed by atoms with E-state index in [2.05, 4.69) is 34.2 Å². The number of para-hydroxylation sites is 1. The van der Waals surface area contributed by atoms with Crippen molar-refractivity contribution in [3.05, 3.63) is 52.7 Å². The topological polar surface area (TPSA) is 51.8 Å². The van der Waals surface area contributed by atoms with E-state index < -0.39 is 0 Å². The van der Waals surface area contributed by atoms with E-state index in [0.29, 0.717) is 11.0 Å². The first-order chi connectivity index (χ1) is 9.33. The highest BCUT2D eigenvalue weighted by Crippen LogP contribution is 2.43. The van der Waals surface area contributed by atoms with Gasteiger partial charge in [0.15, 0.2) is 5.13 Å². The molecule has 1 aromatic carbocycles. The van der Waals surface area contributed by atoms with Crippen LogP contribution in [-0.4, -0.2) is 9.97 Å². The van der Waals surface area contributed by atoms with E-state index in [9.17, 15) is 0 Å². The van der Waals surface area contributed by atoms with Crippen LogP contribution >= 0.6 is 11.3 Å². The van der Waals surface area contributed by atoms with E-state index in [1.165, 1.54) is 21.5 Å². The van der Waals surface area contributed by atoms with Gasteiger partial charge in [0.1, 0.15) is 0 Å². The van der Waals surface area contributed by atoms with Crippen LogP contribution in [0.5, 0.6) is 0 Å². The van der Waals surface area contributed by atoms with Gasteiger partial charge in [-0.3, -0.25) is 4.98 Å². The minimum atomic E-state index is 0.406. The molecule has 2 N–H and O–H groups in total. The predicted molar refractivity (Wildman–Crippen MR) is 78.4 cm³/mol.